The van der Waals surface area contributed by atoms with Gasteiger partial charge in [-0.2, -0.15) is 31.6 Å². The van der Waals surface area contributed by atoms with E-state index in [-0.39, 0.29) is 11.4 Å². The summed E-state index contributed by atoms with van der Waals surface area (Å²) in [7, 11) is 0. The smallest absolute Gasteiger partial charge is 0.307 e. The van der Waals surface area contributed by atoms with E-state index in [0.717, 1.165) is 10.8 Å². The first-order valence-corrected chi connectivity index (χ1v) is 22.1. The van der Waals surface area contributed by atoms with Crippen LogP contribution in [0, 0.1) is 11.3 Å². The zero-order valence-corrected chi connectivity index (χ0v) is 36.9. The van der Waals surface area contributed by atoms with Gasteiger partial charge >= 0.3 is 12.4 Å². The molecule has 0 aliphatic heterocycles. The highest BCUT2D eigenvalue weighted by Gasteiger charge is 2.42. The Balaban J connectivity index is 1.29. The van der Waals surface area contributed by atoms with E-state index in [2.05, 4.69) is 39.9 Å². The molecule has 6 aromatic carbocycles. The van der Waals surface area contributed by atoms with E-state index in [1.165, 1.54) is 12.1 Å². The minimum absolute atomic E-state index is 0.105. The Morgan fingerprint density at radius 3 is 0.972 bits per heavy atom. The Kier molecular flexibility index (Phi) is 10.2. The molecule has 6 aromatic heterocycles. The Labute approximate surface area is 403 Å². The summed E-state index contributed by atoms with van der Waals surface area (Å²) in [4.78, 5) is 36.0. The number of rotatable bonds is 7. The fourth-order valence-electron chi connectivity index (χ4n) is 9.45. The summed E-state index contributed by atoms with van der Waals surface area (Å²) >= 11 is 0. The van der Waals surface area contributed by atoms with E-state index < -0.39 is 40.2 Å². The van der Waals surface area contributed by atoms with Gasteiger partial charge in [-0.25, -0.2) is 39.9 Å². The van der Waals surface area contributed by atoms with Gasteiger partial charge in [0.2, 0.25) is 0 Å². The summed E-state index contributed by atoms with van der Waals surface area (Å²) in [5.74, 6) is 1.50. The van der Waals surface area contributed by atoms with Crippen LogP contribution in [0.4, 0.5) is 26.3 Å². The van der Waals surface area contributed by atoms with Gasteiger partial charge in [0.25, 0.3) is 0 Å². The molecule has 11 nitrogen and oxygen atoms in total. The van der Waals surface area contributed by atoms with Crippen molar-refractivity contribution in [2.45, 2.75) is 12.4 Å². The molecule has 72 heavy (non-hydrogen) atoms. The molecule has 0 unspecified atom stereocenters. The topological polar surface area (TPSA) is 137 Å². The molecule has 0 bridgehead atoms. The Bertz CT molecular complexity index is 3910. The lowest BCUT2D eigenvalue weighted by atomic mass is 9.89. The third-order valence-corrected chi connectivity index (χ3v) is 12.5. The van der Waals surface area contributed by atoms with Crippen molar-refractivity contribution in [3.05, 3.63) is 194 Å². The molecular weight excluding hydrogens is 929 g/mol. The van der Waals surface area contributed by atoms with Crippen LogP contribution in [-0.2, 0) is 12.4 Å². The molecule has 0 spiro atoms. The minimum atomic E-state index is -5.27. The van der Waals surface area contributed by atoms with Crippen LogP contribution in [0.3, 0.4) is 0 Å². The summed E-state index contributed by atoms with van der Waals surface area (Å²) in [6.45, 7) is 0. The molecule has 12 rings (SSSR count). The zero-order chi connectivity index (χ0) is 49.3. The van der Waals surface area contributed by atoms with Crippen LogP contribution < -0.4 is 0 Å². The third-order valence-electron chi connectivity index (χ3n) is 12.5. The maximum atomic E-state index is 15.2. The second kappa shape index (κ2) is 16.8. The summed E-state index contributed by atoms with van der Waals surface area (Å²) < 4.78 is 95.1. The number of aromatic nitrogens is 10. The molecule has 0 aliphatic carbocycles. The predicted octanol–water partition coefficient (Wildman–Crippen LogP) is 13.3. The van der Waals surface area contributed by atoms with Crippen LogP contribution >= 0.6 is 0 Å². The van der Waals surface area contributed by atoms with Gasteiger partial charge in [0, 0.05) is 105 Å². The zero-order valence-electron chi connectivity index (χ0n) is 36.9. The lowest BCUT2D eigenvalue weighted by Crippen LogP contribution is -2.15. The first-order chi connectivity index (χ1) is 34.9. The van der Waals surface area contributed by atoms with Gasteiger partial charge in [-0.3, -0.25) is 0 Å². The molecule has 0 saturated carbocycles. The largest absolute Gasteiger partial charge is 0.417 e. The first kappa shape index (κ1) is 43.6. The van der Waals surface area contributed by atoms with Crippen molar-refractivity contribution in [3.63, 3.8) is 0 Å². The number of alkyl halides is 6. The first-order valence-electron chi connectivity index (χ1n) is 22.1. The standard InChI is InChI=1S/C55H29F6N11/c56-54(57,58)41-6-1-7-42(55(59,60)61)49(41)40-29-48(72-45-26-33(52-67-20-4-21-68-52)10-14-38(45)39-15-11-34(27-46(39)72)53-69-22-5-23-70-53)47(28-35(40)30-62)71-43-24-31(50-63-16-2-17-64-50)8-12-36(43)37-13-9-32(25-44(37)71)51-65-18-3-19-66-51/h1-29H. The molecule has 0 saturated heterocycles. The maximum Gasteiger partial charge on any atom is 0.417 e. The van der Waals surface area contributed by atoms with E-state index in [0.29, 0.717) is 96.6 Å². The average Bonchev–Trinajstić information content (AvgIpc) is 3.91. The molecule has 0 atom stereocenters. The summed E-state index contributed by atoms with van der Waals surface area (Å²) in [6, 6.07) is 35.4. The summed E-state index contributed by atoms with van der Waals surface area (Å²) in [5.41, 5.74) is -0.710. The highest BCUT2D eigenvalue weighted by molar-refractivity contribution is 6.13. The van der Waals surface area contributed by atoms with Crippen LogP contribution in [0.5, 0.6) is 0 Å². The molecule has 346 valence electrons. The van der Waals surface area contributed by atoms with Crippen LogP contribution in [0.2, 0.25) is 0 Å². The fraction of sp³-hybridized carbons (Fsp3) is 0.0364. The SMILES string of the molecule is N#Cc1cc(-n2c3cc(-c4ncccn4)ccc3c3ccc(-c4ncccn4)cc32)c(-n2c3cc(-c4ncccn4)ccc3c3ccc(-c4ncccn4)cc32)cc1-c1c(C(F)(F)F)cccc1C(F)(F)F. The van der Waals surface area contributed by atoms with Crippen molar-refractivity contribution in [1.82, 2.24) is 49.0 Å². The number of fused-ring (bicyclic) bond motifs is 6. The van der Waals surface area contributed by atoms with Crippen LogP contribution in [0.15, 0.2) is 177 Å². The van der Waals surface area contributed by atoms with Gasteiger partial charge in [0.15, 0.2) is 23.3 Å². The molecule has 12 aromatic rings. The second-order valence-corrected chi connectivity index (χ2v) is 16.6. The van der Waals surface area contributed by atoms with Gasteiger partial charge in [0.05, 0.1) is 56.2 Å². The Morgan fingerprint density at radius 2 is 0.681 bits per heavy atom. The monoisotopic (exact) mass is 957 g/mol. The summed E-state index contributed by atoms with van der Waals surface area (Å²) in [5, 5.41) is 13.9. The molecule has 17 heteroatoms. The van der Waals surface area contributed by atoms with Gasteiger partial charge in [0.1, 0.15) is 0 Å². The normalized spacial score (nSPS) is 12.0. The van der Waals surface area contributed by atoms with Gasteiger partial charge in [-0.1, -0.05) is 54.6 Å². The number of hydrogen-bond donors (Lipinski definition) is 0. The molecular formula is C55H29F6N11. The number of benzene rings is 6. The molecule has 0 radical (unpaired) electrons. The van der Waals surface area contributed by atoms with Crippen molar-refractivity contribution in [2.24, 2.45) is 0 Å². The van der Waals surface area contributed by atoms with E-state index in [9.17, 15) is 5.26 Å². The van der Waals surface area contributed by atoms with Crippen molar-refractivity contribution < 1.29 is 26.3 Å². The lowest BCUT2D eigenvalue weighted by molar-refractivity contribution is -0.142. The second-order valence-electron chi connectivity index (χ2n) is 16.6. The Morgan fingerprint density at radius 1 is 0.375 bits per heavy atom. The molecule has 0 N–H and O–H groups in total. The minimum Gasteiger partial charge on any atom is -0.307 e. The average molecular weight is 958 g/mol. The molecule has 0 amide bonds. The van der Waals surface area contributed by atoms with Crippen molar-refractivity contribution in [2.75, 3.05) is 0 Å². The fourth-order valence-corrected chi connectivity index (χ4v) is 9.45. The number of nitriles is 1. The molecule has 6 heterocycles. The quantitative estimate of drug-likeness (QED) is 0.143. The predicted molar refractivity (Wildman–Crippen MR) is 259 cm³/mol. The van der Waals surface area contributed by atoms with Crippen molar-refractivity contribution in [3.8, 4) is 74.1 Å². The number of nitrogens with zero attached hydrogens (tertiary/aromatic N) is 11. The van der Waals surface area contributed by atoms with Crippen LogP contribution in [0.1, 0.15) is 16.7 Å². The lowest BCUT2D eigenvalue weighted by Gasteiger charge is -2.23. The maximum absolute atomic E-state index is 15.2. The number of hydrogen-bond acceptors (Lipinski definition) is 9. The van der Waals surface area contributed by atoms with E-state index >= 15 is 26.3 Å². The van der Waals surface area contributed by atoms with Crippen molar-refractivity contribution >= 4 is 43.6 Å². The highest BCUT2D eigenvalue weighted by Crippen LogP contribution is 2.48. The Hall–Kier alpha value is -9.69. The van der Waals surface area contributed by atoms with Gasteiger partial charge < -0.3 is 9.13 Å². The van der Waals surface area contributed by atoms with Gasteiger partial charge in [-0.05, 0) is 72.8 Å². The van der Waals surface area contributed by atoms with E-state index in [1.54, 1.807) is 78.4 Å². The van der Waals surface area contributed by atoms with Crippen LogP contribution in [-0.4, -0.2) is 49.0 Å². The third kappa shape index (κ3) is 7.31. The summed E-state index contributed by atoms with van der Waals surface area (Å²) in [6.07, 6.45) is 2.19. The van der Waals surface area contributed by atoms with Crippen LogP contribution in [0.25, 0.3) is 112 Å². The van der Waals surface area contributed by atoms with Crippen molar-refractivity contribution in [1.29, 1.82) is 5.26 Å². The molecule has 0 fully saturated rings. The van der Waals surface area contributed by atoms with Gasteiger partial charge in [-0.15, -0.1) is 0 Å². The molecule has 0 aliphatic rings. The number of halogens is 6. The van der Waals surface area contributed by atoms with E-state index in [1.807, 2.05) is 83.4 Å². The highest BCUT2D eigenvalue weighted by atomic mass is 19.4. The van der Waals surface area contributed by atoms with E-state index in [4.69, 9.17) is 0 Å².